The number of nitrogens with two attached hydrogens (primary N) is 1. The molecule has 0 fully saturated rings. The van der Waals surface area contributed by atoms with Crippen LogP contribution in [0.4, 0.5) is 10.2 Å². The van der Waals surface area contributed by atoms with E-state index in [0.29, 0.717) is 16.8 Å². The number of pyridine rings is 1. The average Bonchev–Trinajstić information content (AvgIpc) is 2.74. The smallest absolute Gasteiger partial charge is 0.142 e. The Bertz CT molecular complexity index is 1180. The lowest BCUT2D eigenvalue weighted by atomic mass is 9.97. The molecule has 2 N–H and O–H groups in total. The number of halogens is 1. The van der Waals surface area contributed by atoms with E-state index >= 15 is 0 Å². The number of aromatic nitrogens is 1. The molecule has 28 heavy (non-hydrogen) atoms. The largest absolute Gasteiger partial charge is 0.383 e. The highest BCUT2D eigenvalue weighted by molar-refractivity contribution is 5.80. The normalized spacial score (nSPS) is 10.4. The van der Waals surface area contributed by atoms with Crippen molar-refractivity contribution in [2.75, 3.05) is 5.73 Å². The van der Waals surface area contributed by atoms with Gasteiger partial charge in [0.2, 0.25) is 0 Å². The zero-order chi connectivity index (χ0) is 19.5. The monoisotopic (exact) mass is 365 g/mol. The molecule has 0 radical (unpaired) electrons. The van der Waals surface area contributed by atoms with Gasteiger partial charge in [-0.05, 0) is 34.9 Å². The van der Waals surface area contributed by atoms with Crippen LogP contribution >= 0.6 is 0 Å². The Morgan fingerprint density at radius 3 is 2.07 bits per heavy atom. The number of hydrogen-bond acceptors (Lipinski definition) is 3. The minimum absolute atomic E-state index is 0.131. The van der Waals surface area contributed by atoms with Gasteiger partial charge >= 0.3 is 0 Å². The molecule has 0 aliphatic rings. The number of nitrogen functional groups attached to an aromatic ring is 1. The Kier molecular flexibility index (Phi) is 4.57. The van der Waals surface area contributed by atoms with Gasteiger partial charge in [0.1, 0.15) is 23.3 Å². The summed E-state index contributed by atoms with van der Waals surface area (Å²) in [6.07, 6.45) is 0. The van der Waals surface area contributed by atoms with Gasteiger partial charge < -0.3 is 5.73 Å². The molecule has 3 nitrogen and oxygen atoms in total. The maximum absolute atomic E-state index is 13.7. The third-order valence-electron chi connectivity index (χ3n) is 4.58. The third-order valence-corrected chi connectivity index (χ3v) is 4.58. The molecule has 1 aromatic heterocycles. The van der Waals surface area contributed by atoms with Crippen LogP contribution in [0.15, 0.2) is 84.9 Å². The van der Waals surface area contributed by atoms with Gasteiger partial charge in [-0.25, -0.2) is 9.37 Å². The van der Waals surface area contributed by atoms with Crippen LogP contribution in [0.3, 0.4) is 0 Å². The van der Waals surface area contributed by atoms with Crippen molar-refractivity contribution in [3.63, 3.8) is 0 Å². The number of nitrogens with zero attached hydrogens (tertiary/aromatic N) is 2. The first-order valence-electron chi connectivity index (χ1n) is 8.78. The number of hydrogen-bond donors (Lipinski definition) is 1. The van der Waals surface area contributed by atoms with Crippen molar-refractivity contribution in [1.29, 1.82) is 5.26 Å². The zero-order valence-electron chi connectivity index (χ0n) is 14.9. The third kappa shape index (κ3) is 3.34. The molecule has 4 aromatic rings. The van der Waals surface area contributed by atoms with Crippen molar-refractivity contribution in [1.82, 2.24) is 4.98 Å². The van der Waals surface area contributed by atoms with Gasteiger partial charge in [0.05, 0.1) is 5.69 Å². The molecule has 4 heteroatoms. The topological polar surface area (TPSA) is 62.7 Å². The van der Waals surface area contributed by atoms with E-state index in [1.165, 1.54) is 12.1 Å². The number of benzene rings is 3. The lowest BCUT2D eigenvalue weighted by Gasteiger charge is -2.11. The molecule has 0 aliphatic heterocycles. The quantitative estimate of drug-likeness (QED) is 0.508. The summed E-state index contributed by atoms with van der Waals surface area (Å²) in [7, 11) is 0. The summed E-state index contributed by atoms with van der Waals surface area (Å²) in [4.78, 5) is 4.39. The van der Waals surface area contributed by atoms with Crippen LogP contribution in [0.25, 0.3) is 33.5 Å². The average molecular weight is 365 g/mol. The molecule has 0 saturated heterocycles. The van der Waals surface area contributed by atoms with Crippen LogP contribution in [-0.2, 0) is 0 Å². The van der Waals surface area contributed by atoms with Gasteiger partial charge in [-0.3, -0.25) is 0 Å². The van der Waals surface area contributed by atoms with E-state index in [9.17, 15) is 9.65 Å². The molecular formula is C24H16FN3. The van der Waals surface area contributed by atoms with E-state index in [0.717, 1.165) is 16.7 Å². The molecule has 0 saturated carbocycles. The van der Waals surface area contributed by atoms with E-state index < -0.39 is 0 Å². The van der Waals surface area contributed by atoms with Crippen molar-refractivity contribution in [2.45, 2.75) is 0 Å². The van der Waals surface area contributed by atoms with Gasteiger partial charge in [-0.15, -0.1) is 0 Å². The van der Waals surface area contributed by atoms with Gasteiger partial charge in [0.15, 0.2) is 0 Å². The summed E-state index contributed by atoms with van der Waals surface area (Å²) in [5.41, 5.74) is 11.2. The van der Waals surface area contributed by atoms with E-state index in [1.807, 2.05) is 42.5 Å². The van der Waals surface area contributed by atoms with Gasteiger partial charge in [-0.1, -0.05) is 66.7 Å². The summed E-state index contributed by atoms with van der Waals surface area (Å²) in [5, 5.41) is 9.49. The molecule has 0 atom stereocenters. The number of anilines is 1. The van der Waals surface area contributed by atoms with Gasteiger partial charge in [0.25, 0.3) is 0 Å². The molecule has 3 aromatic carbocycles. The highest BCUT2D eigenvalue weighted by Crippen LogP contribution is 2.32. The SMILES string of the molecule is N#Cc1c(-c2cccc(F)c2)cc(-c2ccc(-c3ccccc3)cc2)nc1N. The summed E-state index contributed by atoms with van der Waals surface area (Å²) < 4.78 is 13.7. The van der Waals surface area contributed by atoms with Crippen LogP contribution in [0.1, 0.15) is 5.56 Å². The van der Waals surface area contributed by atoms with Crippen LogP contribution < -0.4 is 5.73 Å². The standard InChI is InChI=1S/C24H16FN3/c25-20-8-4-7-19(13-20)21-14-23(28-24(27)22(21)15-26)18-11-9-17(10-12-18)16-5-2-1-3-6-16/h1-14H,(H2,27,28). The van der Waals surface area contributed by atoms with Crippen LogP contribution in [0.5, 0.6) is 0 Å². The van der Waals surface area contributed by atoms with Gasteiger partial charge in [0, 0.05) is 11.1 Å². The Morgan fingerprint density at radius 2 is 1.39 bits per heavy atom. The highest BCUT2D eigenvalue weighted by atomic mass is 19.1. The van der Waals surface area contributed by atoms with E-state index in [-0.39, 0.29) is 17.2 Å². The van der Waals surface area contributed by atoms with Crippen molar-refractivity contribution in [2.24, 2.45) is 0 Å². The second-order valence-electron chi connectivity index (χ2n) is 6.38. The van der Waals surface area contributed by atoms with E-state index in [2.05, 4.69) is 23.2 Å². The van der Waals surface area contributed by atoms with Crippen LogP contribution in [-0.4, -0.2) is 4.98 Å². The fourth-order valence-corrected chi connectivity index (χ4v) is 3.18. The highest BCUT2D eigenvalue weighted by Gasteiger charge is 2.14. The van der Waals surface area contributed by atoms with Gasteiger partial charge in [-0.2, -0.15) is 5.26 Å². The minimum Gasteiger partial charge on any atom is -0.383 e. The fraction of sp³-hybridized carbons (Fsp3) is 0. The lowest BCUT2D eigenvalue weighted by molar-refractivity contribution is 0.628. The number of rotatable bonds is 3. The van der Waals surface area contributed by atoms with E-state index in [1.54, 1.807) is 18.2 Å². The van der Waals surface area contributed by atoms with Crippen molar-refractivity contribution in [3.05, 3.63) is 96.3 Å². The molecule has 0 amide bonds. The Balaban J connectivity index is 1.80. The molecular weight excluding hydrogens is 349 g/mol. The Hall–Kier alpha value is -3.97. The molecule has 0 unspecified atom stereocenters. The van der Waals surface area contributed by atoms with Crippen LogP contribution in [0, 0.1) is 17.1 Å². The van der Waals surface area contributed by atoms with Crippen LogP contribution in [0.2, 0.25) is 0 Å². The summed E-state index contributed by atoms with van der Waals surface area (Å²) in [6, 6.07) is 28.0. The maximum atomic E-state index is 13.7. The molecule has 0 bridgehead atoms. The van der Waals surface area contributed by atoms with Crippen molar-refractivity contribution < 1.29 is 4.39 Å². The molecule has 1 heterocycles. The predicted molar refractivity (Wildman–Crippen MR) is 110 cm³/mol. The Morgan fingerprint density at radius 1 is 0.750 bits per heavy atom. The minimum atomic E-state index is -0.370. The molecule has 134 valence electrons. The first-order valence-corrected chi connectivity index (χ1v) is 8.78. The predicted octanol–water partition coefficient (Wildman–Crippen LogP) is 5.68. The fourth-order valence-electron chi connectivity index (χ4n) is 3.18. The van der Waals surface area contributed by atoms with E-state index in [4.69, 9.17) is 5.73 Å². The molecule has 4 rings (SSSR count). The first-order chi connectivity index (χ1) is 13.7. The zero-order valence-corrected chi connectivity index (χ0v) is 14.9. The van der Waals surface area contributed by atoms with Crippen molar-refractivity contribution >= 4 is 5.82 Å². The molecule has 0 spiro atoms. The summed E-state index contributed by atoms with van der Waals surface area (Å²) in [6.45, 7) is 0. The van der Waals surface area contributed by atoms with Crippen molar-refractivity contribution in [3.8, 4) is 39.6 Å². The lowest BCUT2D eigenvalue weighted by Crippen LogP contribution is -2.00. The second-order valence-corrected chi connectivity index (χ2v) is 6.38. The Labute approximate surface area is 162 Å². The number of nitriles is 1. The summed E-state index contributed by atoms with van der Waals surface area (Å²) in [5.74, 6) is -0.239. The molecule has 0 aliphatic carbocycles. The second kappa shape index (κ2) is 7.34. The summed E-state index contributed by atoms with van der Waals surface area (Å²) >= 11 is 0. The first kappa shape index (κ1) is 17.4. The maximum Gasteiger partial charge on any atom is 0.142 e.